The van der Waals surface area contributed by atoms with E-state index in [4.69, 9.17) is 4.74 Å². The number of anilines is 2. The minimum atomic E-state index is -4.48. The molecule has 8 nitrogen and oxygen atoms in total. The van der Waals surface area contributed by atoms with Crippen LogP contribution in [0.4, 0.5) is 28.9 Å². The van der Waals surface area contributed by atoms with E-state index in [-0.39, 0.29) is 42.1 Å². The zero-order chi connectivity index (χ0) is 29.1. The number of ether oxygens (including phenoxy) is 1. The highest BCUT2D eigenvalue weighted by atomic mass is 19.4. The van der Waals surface area contributed by atoms with Gasteiger partial charge in [-0.25, -0.2) is 9.37 Å². The second-order valence-corrected chi connectivity index (χ2v) is 10.5. The Morgan fingerprint density at radius 2 is 2.00 bits per heavy atom. The molecule has 0 bridgehead atoms. The molecule has 3 aromatic rings. The molecule has 2 fully saturated rings. The molecule has 41 heavy (non-hydrogen) atoms. The number of amides is 1. The van der Waals surface area contributed by atoms with Crippen molar-refractivity contribution in [3.63, 3.8) is 0 Å². The van der Waals surface area contributed by atoms with Crippen LogP contribution in [0.15, 0.2) is 36.5 Å². The van der Waals surface area contributed by atoms with E-state index in [9.17, 15) is 22.4 Å². The van der Waals surface area contributed by atoms with Crippen molar-refractivity contribution in [1.82, 2.24) is 19.6 Å². The maximum absolute atomic E-state index is 14.7. The molecule has 2 aromatic heterocycles. The number of carbonyl (C=O) groups excluding carboxylic acids is 1. The second kappa shape index (κ2) is 11.9. The van der Waals surface area contributed by atoms with Crippen molar-refractivity contribution < 1.29 is 27.1 Å². The second-order valence-electron chi connectivity index (χ2n) is 10.5. The molecule has 1 saturated carbocycles. The predicted molar refractivity (Wildman–Crippen MR) is 148 cm³/mol. The van der Waals surface area contributed by atoms with Gasteiger partial charge in [0.15, 0.2) is 5.65 Å². The van der Waals surface area contributed by atoms with Gasteiger partial charge < -0.3 is 30.0 Å². The molecule has 3 N–H and O–H groups in total. The van der Waals surface area contributed by atoms with Crippen molar-refractivity contribution in [1.29, 1.82) is 0 Å². The van der Waals surface area contributed by atoms with Gasteiger partial charge in [0.2, 0.25) is 0 Å². The number of likely N-dealkylation sites (tertiary alicyclic amines) is 1. The maximum Gasteiger partial charge on any atom is 0.394 e. The number of hydrogen-bond donors (Lipinski definition) is 3. The molecule has 0 unspecified atom stereocenters. The number of pyridine rings is 1. The standard InChI is InChI=1S/C29H32F4N6O2/c1-38-14-11-21(20(30)17-38)36-24-6-4-13-39-25(16-29(31,32)33)22(37-27(24)39)5-3-12-34-23-10-7-18(15-26(23)41-2)28(40)35-19-8-9-19/h4,6-7,10,13,15,19-21,34,36H,8-9,11-12,14,16-17H2,1-2H3,(H,35,40)/t20-,21+/m0/s1. The van der Waals surface area contributed by atoms with Crippen molar-refractivity contribution in [2.75, 3.05) is 44.4 Å². The number of fused-ring (bicyclic) bond motifs is 1. The van der Waals surface area contributed by atoms with Crippen LogP contribution < -0.4 is 20.7 Å². The first kappa shape index (κ1) is 28.5. The third-order valence-electron chi connectivity index (χ3n) is 7.15. The third kappa shape index (κ3) is 7.03. The van der Waals surface area contributed by atoms with E-state index in [0.29, 0.717) is 35.7 Å². The zero-order valence-corrected chi connectivity index (χ0v) is 22.8. The number of benzene rings is 1. The Kier molecular flexibility index (Phi) is 8.26. The number of carbonyl (C=O) groups is 1. The largest absolute Gasteiger partial charge is 0.495 e. The van der Waals surface area contributed by atoms with Gasteiger partial charge in [0.25, 0.3) is 5.91 Å². The first-order valence-electron chi connectivity index (χ1n) is 13.5. The molecule has 2 atom stereocenters. The van der Waals surface area contributed by atoms with Gasteiger partial charge in [-0.15, -0.1) is 0 Å². The summed E-state index contributed by atoms with van der Waals surface area (Å²) in [6, 6.07) is 8.04. The summed E-state index contributed by atoms with van der Waals surface area (Å²) in [5.74, 6) is 5.89. The molecular weight excluding hydrogens is 540 g/mol. The molecule has 0 radical (unpaired) electrons. The summed E-state index contributed by atoms with van der Waals surface area (Å²) < 4.78 is 62.0. The van der Waals surface area contributed by atoms with E-state index in [1.165, 1.54) is 17.7 Å². The van der Waals surface area contributed by atoms with Crippen molar-refractivity contribution in [2.45, 2.75) is 50.1 Å². The topological polar surface area (TPSA) is 82.9 Å². The molecule has 1 saturated heterocycles. The fraction of sp³-hybridized carbons (Fsp3) is 0.448. The number of aromatic nitrogens is 2. The van der Waals surface area contributed by atoms with Gasteiger partial charge in [-0.1, -0.05) is 5.92 Å². The van der Waals surface area contributed by atoms with E-state index in [2.05, 4.69) is 32.8 Å². The lowest BCUT2D eigenvalue weighted by atomic mass is 10.0. The Morgan fingerprint density at radius 3 is 2.71 bits per heavy atom. The smallest absolute Gasteiger partial charge is 0.394 e. The molecule has 2 aliphatic rings. The molecular formula is C29H32F4N6O2. The quantitative estimate of drug-likeness (QED) is 0.277. The normalized spacial score (nSPS) is 19.4. The highest BCUT2D eigenvalue weighted by molar-refractivity contribution is 5.95. The van der Waals surface area contributed by atoms with Gasteiger partial charge in [0, 0.05) is 30.9 Å². The molecule has 0 spiro atoms. The molecule has 218 valence electrons. The Morgan fingerprint density at radius 1 is 1.20 bits per heavy atom. The van der Waals surface area contributed by atoms with Crippen LogP contribution >= 0.6 is 0 Å². The summed E-state index contributed by atoms with van der Waals surface area (Å²) in [7, 11) is 3.33. The Labute approximate surface area is 235 Å². The minimum Gasteiger partial charge on any atom is -0.495 e. The monoisotopic (exact) mass is 572 g/mol. The summed E-state index contributed by atoms with van der Waals surface area (Å²) in [6.45, 7) is 1.08. The van der Waals surface area contributed by atoms with Crippen LogP contribution in [0, 0.1) is 11.8 Å². The average molecular weight is 573 g/mol. The Hall–Kier alpha value is -3.98. The highest BCUT2D eigenvalue weighted by Crippen LogP contribution is 2.29. The van der Waals surface area contributed by atoms with Gasteiger partial charge in [-0.2, -0.15) is 13.2 Å². The van der Waals surface area contributed by atoms with E-state index < -0.39 is 24.8 Å². The van der Waals surface area contributed by atoms with Crippen LogP contribution in [0.25, 0.3) is 5.65 Å². The SMILES string of the molecule is COc1cc(C(=O)NC2CC2)ccc1NCC#Cc1nc2c(N[C@@H]3CCN(C)C[C@@H]3F)cccn2c1CC(F)(F)F. The molecule has 1 aliphatic carbocycles. The van der Waals surface area contributed by atoms with Gasteiger partial charge in [0.05, 0.1) is 43.2 Å². The van der Waals surface area contributed by atoms with Crippen LogP contribution in [0.1, 0.15) is 41.0 Å². The first-order valence-corrected chi connectivity index (χ1v) is 13.5. The molecule has 12 heteroatoms. The summed E-state index contributed by atoms with van der Waals surface area (Å²) >= 11 is 0. The van der Waals surface area contributed by atoms with Gasteiger partial charge in [0.1, 0.15) is 17.6 Å². The van der Waals surface area contributed by atoms with E-state index >= 15 is 0 Å². The number of rotatable bonds is 8. The summed E-state index contributed by atoms with van der Waals surface area (Å²) in [5.41, 5.74) is 1.67. The zero-order valence-electron chi connectivity index (χ0n) is 22.8. The van der Waals surface area contributed by atoms with Gasteiger partial charge >= 0.3 is 6.18 Å². The van der Waals surface area contributed by atoms with Crippen LogP contribution in [0.2, 0.25) is 0 Å². The lowest BCUT2D eigenvalue weighted by Gasteiger charge is -2.33. The van der Waals surface area contributed by atoms with Gasteiger partial charge in [-0.3, -0.25) is 4.79 Å². The molecule has 5 rings (SSSR count). The number of piperidine rings is 1. The fourth-order valence-corrected chi connectivity index (χ4v) is 4.85. The molecule has 1 aromatic carbocycles. The number of halogens is 4. The van der Waals surface area contributed by atoms with Crippen molar-refractivity contribution in [3.8, 4) is 17.6 Å². The summed E-state index contributed by atoms with van der Waals surface area (Å²) in [5, 5.41) is 9.16. The van der Waals surface area contributed by atoms with Crippen LogP contribution in [-0.4, -0.2) is 78.4 Å². The predicted octanol–water partition coefficient (Wildman–Crippen LogP) is 4.26. The van der Waals surface area contributed by atoms with Crippen LogP contribution in [-0.2, 0) is 6.42 Å². The average Bonchev–Trinajstić information content (AvgIpc) is 3.68. The molecule has 1 aliphatic heterocycles. The van der Waals surface area contributed by atoms with E-state index in [1.54, 1.807) is 30.3 Å². The van der Waals surface area contributed by atoms with E-state index in [0.717, 1.165) is 12.8 Å². The third-order valence-corrected chi connectivity index (χ3v) is 7.15. The Bertz CT molecular complexity index is 1470. The van der Waals surface area contributed by atoms with Crippen molar-refractivity contribution >= 4 is 22.9 Å². The van der Waals surface area contributed by atoms with Crippen LogP contribution in [0.3, 0.4) is 0 Å². The lowest BCUT2D eigenvalue weighted by Crippen LogP contribution is -2.46. The number of alkyl halides is 4. The first-order chi connectivity index (χ1) is 19.6. The number of nitrogens with zero attached hydrogens (tertiary/aromatic N) is 3. The number of hydrogen-bond acceptors (Lipinski definition) is 6. The Balaban J connectivity index is 1.35. The number of nitrogens with one attached hydrogen (secondary N) is 3. The summed E-state index contributed by atoms with van der Waals surface area (Å²) in [6.07, 6.45) is -2.80. The van der Waals surface area contributed by atoms with Crippen molar-refractivity contribution in [2.24, 2.45) is 0 Å². The highest BCUT2D eigenvalue weighted by Gasteiger charge is 2.32. The maximum atomic E-state index is 14.7. The van der Waals surface area contributed by atoms with E-state index in [1.807, 2.05) is 11.9 Å². The van der Waals surface area contributed by atoms with Gasteiger partial charge in [-0.05, 0) is 62.6 Å². The number of imidazole rings is 1. The summed E-state index contributed by atoms with van der Waals surface area (Å²) in [4.78, 5) is 18.7. The molecule has 1 amide bonds. The minimum absolute atomic E-state index is 0.00221. The molecule has 3 heterocycles. The fourth-order valence-electron chi connectivity index (χ4n) is 4.85. The van der Waals surface area contributed by atoms with Crippen molar-refractivity contribution in [3.05, 3.63) is 53.5 Å². The number of methoxy groups -OCH3 is 1. The van der Waals surface area contributed by atoms with Crippen LogP contribution in [0.5, 0.6) is 5.75 Å². The lowest BCUT2D eigenvalue weighted by molar-refractivity contribution is -0.128.